The molecule has 1 unspecified atom stereocenters. The van der Waals surface area contributed by atoms with Crippen molar-refractivity contribution in [3.63, 3.8) is 0 Å². The van der Waals surface area contributed by atoms with E-state index in [1.807, 2.05) is 36.4 Å². The highest BCUT2D eigenvalue weighted by Crippen LogP contribution is 2.63. The molecule has 10 nitrogen and oxygen atoms in total. The number of hydrogen-bond donors (Lipinski definition) is 3. The van der Waals surface area contributed by atoms with Crippen LogP contribution in [-0.2, 0) is 28.0 Å². The van der Waals surface area contributed by atoms with E-state index >= 15 is 0 Å². The average molecular weight is 577 g/mol. The van der Waals surface area contributed by atoms with Crippen molar-refractivity contribution in [2.75, 3.05) is 33.2 Å². The second kappa shape index (κ2) is 10.3. The Morgan fingerprint density at radius 2 is 1.98 bits per heavy atom. The van der Waals surface area contributed by atoms with Gasteiger partial charge in [0.15, 0.2) is 23.4 Å². The fourth-order valence-corrected chi connectivity index (χ4v) is 7.92. The van der Waals surface area contributed by atoms with Crippen molar-refractivity contribution in [3.8, 4) is 11.5 Å². The number of likely N-dealkylation sites (N-methyl/N-ethyl adjacent to an activating group) is 1. The van der Waals surface area contributed by atoms with Crippen LogP contribution in [0.2, 0.25) is 0 Å². The number of hydrogen-bond acceptors (Lipinski definition) is 7. The van der Waals surface area contributed by atoms with Gasteiger partial charge >= 0.3 is 12.2 Å². The molecule has 2 aliphatic heterocycles. The Bertz CT molecular complexity index is 1410. The van der Waals surface area contributed by atoms with Crippen LogP contribution >= 0.6 is 0 Å². The summed E-state index contributed by atoms with van der Waals surface area (Å²) in [6, 6.07) is 13.1. The largest absolute Gasteiger partial charge is 0.477 e. The molecule has 222 valence electrons. The van der Waals surface area contributed by atoms with Crippen LogP contribution in [0.1, 0.15) is 48.8 Å². The first-order valence-corrected chi connectivity index (χ1v) is 15.1. The quantitative estimate of drug-likeness (QED) is 0.438. The maximum Gasteiger partial charge on any atom is 0.415 e. The summed E-state index contributed by atoms with van der Waals surface area (Å²) < 4.78 is 17.4. The van der Waals surface area contributed by atoms with Gasteiger partial charge in [0.1, 0.15) is 18.2 Å². The lowest BCUT2D eigenvalue weighted by atomic mass is 9.49. The van der Waals surface area contributed by atoms with E-state index in [1.54, 1.807) is 13.1 Å². The number of quaternary nitrogens is 1. The lowest BCUT2D eigenvalue weighted by molar-refractivity contribution is -0.943. The molecule has 3 aliphatic carbocycles. The van der Waals surface area contributed by atoms with Gasteiger partial charge in [0.05, 0.1) is 18.5 Å². The third-order valence-corrected chi connectivity index (χ3v) is 10.2. The molecule has 3 N–H and O–H groups in total. The molecule has 2 aromatic rings. The van der Waals surface area contributed by atoms with E-state index in [0.29, 0.717) is 25.0 Å². The van der Waals surface area contributed by atoms with Gasteiger partial charge in [-0.3, -0.25) is 4.79 Å². The Hall–Kier alpha value is -3.63. The fraction of sp³-hybridized carbons (Fsp3) is 0.531. The molecule has 2 heterocycles. The standard InChI is InChI=1S/C32H37N3O7/c1-34(16-14-33-29(37)40-19-21-5-3-2-4-6-21)30(38)41-24-10-9-22-17-25-32(39)12-11-23(36)28-31(32,26(22)27(24)42-28)13-15-35(25)18-20-7-8-20/h2-6,9-10,20,25,28,39H,7-8,11-19H2,1H3,(H,33,37)/p+1/t25-,28+,31+,32-/m1/s1. The second-order valence-corrected chi connectivity index (χ2v) is 12.6. The summed E-state index contributed by atoms with van der Waals surface area (Å²) in [7, 11) is 1.58. The predicted octanol–water partition coefficient (Wildman–Crippen LogP) is 1.76. The number of ether oxygens (including phenoxy) is 3. The van der Waals surface area contributed by atoms with E-state index in [0.717, 1.165) is 35.7 Å². The highest BCUT2D eigenvalue weighted by molar-refractivity contribution is 5.90. The molecule has 5 aliphatic rings. The summed E-state index contributed by atoms with van der Waals surface area (Å²) in [5.41, 5.74) is 0.985. The van der Waals surface area contributed by atoms with Gasteiger partial charge in [0.2, 0.25) is 0 Å². The number of likely N-dealkylation sites (tertiary alicyclic amines) is 1. The van der Waals surface area contributed by atoms with Crippen LogP contribution in [0.3, 0.4) is 0 Å². The molecule has 10 heteroatoms. The molecule has 42 heavy (non-hydrogen) atoms. The van der Waals surface area contributed by atoms with Crippen LogP contribution in [-0.4, -0.2) is 78.9 Å². The number of ketones is 1. The predicted molar refractivity (Wildman–Crippen MR) is 151 cm³/mol. The van der Waals surface area contributed by atoms with Crippen LogP contribution in [0.25, 0.3) is 0 Å². The van der Waals surface area contributed by atoms with Crippen molar-refractivity contribution in [1.82, 2.24) is 10.2 Å². The van der Waals surface area contributed by atoms with Gasteiger partial charge in [0.25, 0.3) is 0 Å². The number of nitrogens with one attached hydrogen (secondary N) is 2. The van der Waals surface area contributed by atoms with Crippen LogP contribution in [0.4, 0.5) is 9.59 Å². The number of carbonyl (C=O) groups is 3. The molecule has 3 fully saturated rings. The maximum atomic E-state index is 13.3. The Balaban J connectivity index is 1.04. The molecule has 2 bridgehead atoms. The van der Waals surface area contributed by atoms with Crippen molar-refractivity contribution in [2.45, 2.75) is 68.3 Å². The van der Waals surface area contributed by atoms with Gasteiger partial charge in [-0.05, 0) is 36.5 Å². The van der Waals surface area contributed by atoms with Gasteiger partial charge in [-0.2, -0.15) is 0 Å². The minimum Gasteiger partial charge on any atom is -0.477 e. The van der Waals surface area contributed by atoms with Gasteiger partial charge < -0.3 is 34.4 Å². The topological polar surface area (TPSA) is 119 Å². The zero-order chi connectivity index (χ0) is 29.1. The van der Waals surface area contributed by atoms with Gasteiger partial charge in [-0.1, -0.05) is 36.4 Å². The second-order valence-electron chi connectivity index (χ2n) is 12.6. The van der Waals surface area contributed by atoms with Crippen molar-refractivity contribution in [3.05, 3.63) is 59.2 Å². The first-order valence-electron chi connectivity index (χ1n) is 15.1. The van der Waals surface area contributed by atoms with Gasteiger partial charge in [0, 0.05) is 50.9 Å². The summed E-state index contributed by atoms with van der Waals surface area (Å²) in [6.45, 7) is 2.51. The zero-order valence-electron chi connectivity index (χ0n) is 23.9. The van der Waals surface area contributed by atoms with Crippen LogP contribution in [0.15, 0.2) is 42.5 Å². The number of aliphatic hydroxyl groups is 1. The summed E-state index contributed by atoms with van der Waals surface area (Å²) in [5, 5.41) is 15.1. The molecule has 2 amide bonds. The van der Waals surface area contributed by atoms with E-state index in [2.05, 4.69) is 5.32 Å². The molecule has 2 saturated carbocycles. The third kappa shape index (κ3) is 4.34. The summed E-state index contributed by atoms with van der Waals surface area (Å²) >= 11 is 0. The van der Waals surface area contributed by atoms with Crippen molar-refractivity contribution in [2.24, 2.45) is 5.92 Å². The highest BCUT2D eigenvalue weighted by Gasteiger charge is 2.75. The fourth-order valence-electron chi connectivity index (χ4n) is 7.92. The maximum absolute atomic E-state index is 13.3. The number of carbonyl (C=O) groups excluding carboxylic acids is 3. The number of amides is 2. The number of piperidine rings is 1. The summed E-state index contributed by atoms with van der Waals surface area (Å²) in [4.78, 5) is 41.2. The molecule has 0 aromatic heterocycles. The molecule has 0 radical (unpaired) electrons. The molecular formula is C32H38N3O7+. The summed E-state index contributed by atoms with van der Waals surface area (Å²) in [5.74, 6) is 1.42. The number of alkyl carbamates (subject to hydrolysis) is 1. The number of nitrogens with zero attached hydrogens (tertiary/aromatic N) is 1. The Labute approximate surface area is 244 Å². The van der Waals surface area contributed by atoms with E-state index in [-0.39, 0.29) is 43.7 Å². The van der Waals surface area contributed by atoms with E-state index in [4.69, 9.17) is 14.2 Å². The SMILES string of the molecule is CN(CCNC(=O)OCc1ccccc1)C(=O)Oc1ccc2c3c1O[C@H]1C(=O)CC[C@@]4(O)[C@@H](C2)[NH+](CC2CC2)CC[C@]314. The Morgan fingerprint density at radius 3 is 2.76 bits per heavy atom. The van der Waals surface area contributed by atoms with Crippen molar-refractivity contribution < 1.29 is 38.6 Å². The van der Waals surface area contributed by atoms with Gasteiger partial charge in [-0.25, -0.2) is 9.59 Å². The first-order chi connectivity index (χ1) is 20.3. The lowest BCUT2D eigenvalue weighted by Gasteiger charge is -2.60. The van der Waals surface area contributed by atoms with Crippen molar-refractivity contribution in [1.29, 1.82) is 0 Å². The molecule has 1 spiro atoms. The monoisotopic (exact) mass is 576 g/mol. The van der Waals surface area contributed by atoms with Crippen LogP contribution < -0.4 is 19.7 Å². The van der Waals surface area contributed by atoms with Crippen molar-refractivity contribution >= 4 is 18.0 Å². The summed E-state index contributed by atoms with van der Waals surface area (Å²) in [6.07, 6.45) is 2.70. The molecule has 7 rings (SSSR count). The number of benzene rings is 2. The normalized spacial score (nSPS) is 30.1. The zero-order valence-corrected chi connectivity index (χ0v) is 23.9. The van der Waals surface area contributed by atoms with Crippen LogP contribution in [0.5, 0.6) is 11.5 Å². The van der Waals surface area contributed by atoms with E-state index < -0.39 is 29.3 Å². The molecule has 2 aromatic carbocycles. The first kappa shape index (κ1) is 27.2. The van der Waals surface area contributed by atoms with Crippen LogP contribution in [0, 0.1) is 5.92 Å². The number of Topliss-reactive ketones (excluding diaryl/α,β-unsaturated/α-hetero) is 1. The smallest absolute Gasteiger partial charge is 0.415 e. The Kier molecular flexibility index (Phi) is 6.66. The Morgan fingerprint density at radius 1 is 1.17 bits per heavy atom. The molecule has 5 atom stereocenters. The van der Waals surface area contributed by atoms with Gasteiger partial charge in [-0.15, -0.1) is 0 Å². The average Bonchev–Trinajstić information content (AvgIpc) is 3.73. The third-order valence-electron chi connectivity index (χ3n) is 10.2. The molecular weight excluding hydrogens is 538 g/mol. The lowest BCUT2D eigenvalue weighted by Crippen LogP contribution is -3.21. The van der Waals surface area contributed by atoms with E-state index in [1.165, 1.54) is 22.6 Å². The minimum atomic E-state index is -1.04. The number of rotatable bonds is 8. The highest BCUT2D eigenvalue weighted by atomic mass is 16.6. The molecule has 1 saturated heterocycles. The minimum absolute atomic E-state index is 0.00716. The van der Waals surface area contributed by atoms with E-state index in [9.17, 15) is 19.5 Å².